The molecule has 0 atom stereocenters. The van der Waals surface area contributed by atoms with E-state index in [1.165, 1.54) is 18.4 Å². The molecule has 0 aliphatic heterocycles. The lowest BCUT2D eigenvalue weighted by atomic mass is 10.2. The average molecular weight is 276 g/mol. The zero-order valence-corrected chi connectivity index (χ0v) is 12.2. The van der Waals surface area contributed by atoms with Crippen LogP contribution >= 0.6 is 11.3 Å². The van der Waals surface area contributed by atoms with Gasteiger partial charge in [-0.3, -0.25) is 0 Å². The number of methoxy groups -OCH3 is 1. The summed E-state index contributed by atoms with van der Waals surface area (Å²) >= 11 is 1.50. The van der Waals surface area contributed by atoms with Crippen LogP contribution in [-0.2, 0) is 4.74 Å². The third-order valence-corrected chi connectivity index (χ3v) is 3.83. The van der Waals surface area contributed by atoms with Crippen molar-refractivity contribution in [1.82, 2.24) is 4.98 Å². The Hall–Kier alpha value is -1.88. The maximum absolute atomic E-state index is 11.5. The summed E-state index contributed by atoms with van der Waals surface area (Å²) in [5.74, 6) is -0.384. The minimum absolute atomic E-state index is 0.384. The van der Waals surface area contributed by atoms with E-state index < -0.39 is 0 Å². The van der Waals surface area contributed by atoms with E-state index in [2.05, 4.69) is 4.98 Å². The minimum Gasteiger partial charge on any atom is -0.464 e. The lowest BCUT2D eigenvalue weighted by Gasteiger charge is -2.11. The van der Waals surface area contributed by atoms with Crippen molar-refractivity contribution >= 4 is 23.0 Å². The lowest BCUT2D eigenvalue weighted by Crippen LogP contribution is -2.07. The van der Waals surface area contributed by atoms with E-state index in [0.717, 1.165) is 21.1 Å². The number of benzene rings is 1. The summed E-state index contributed by atoms with van der Waals surface area (Å²) in [4.78, 5) is 18.8. The first-order valence-corrected chi connectivity index (χ1v) is 6.68. The third-order valence-electron chi connectivity index (χ3n) is 2.81. The van der Waals surface area contributed by atoms with Gasteiger partial charge >= 0.3 is 5.97 Å². The second kappa shape index (κ2) is 5.40. The SMILES string of the molecule is COC(=O)c1nc(-c2ccc(N(C)C)cc2)sc1C. The molecule has 0 amide bonds. The molecule has 1 aromatic carbocycles. The molecule has 0 bridgehead atoms. The number of carbonyl (C=O) groups is 1. The van der Waals surface area contributed by atoms with Crippen molar-refractivity contribution in [2.75, 3.05) is 26.1 Å². The van der Waals surface area contributed by atoms with Gasteiger partial charge in [0.2, 0.25) is 0 Å². The van der Waals surface area contributed by atoms with Gasteiger partial charge in [0, 0.05) is 30.2 Å². The first-order valence-electron chi connectivity index (χ1n) is 5.86. The highest BCUT2D eigenvalue weighted by Crippen LogP contribution is 2.29. The standard InChI is InChI=1S/C14H16N2O2S/c1-9-12(14(17)18-4)15-13(19-9)10-5-7-11(8-6-10)16(2)3/h5-8H,1-4H3. The highest BCUT2D eigenvalue weighted by atomic mass is 32.1. The van der Waals surface area contributed by atoms with Gasteiger partial charge < -0.3 is 9.64 Å². The fraction of sp³-hybridized carbons (Fsp3) is 0.286. The van der Waals surface area contributed by atoms with Crippen LogP contribution in [0.25, 0.3) is 10.6 Å². The number of anilines is 1. The van der Waals surface area contributed by atoms with E-state index in [-0.39, 0.29) is 5.97 Å². The zero-order chi connectivity index (χ0) is 14.0. The summed E-state index contributed by atoms with van der Waals surface area (Å²) in [6.07, 6.45) is 0. The van der Waals surface area contributed by atoms with E-state index in [1.807, 2.05) is 50.2 Å². The molecule has 0 aliphatic carbocycles. The van der Waals surface area contributed by atoms with Crippen LogP contribution in [0.3, 0.4) is 0 Å². The van der Waals surface area contributed by atoms with Gasteiger partial charge in [-0.25, -0.2) is 9.78 Å². The molecular weight excluding hydrogens is 260 g/mol. The molecule has 0 radical (unpaired) electrons. The van der Waals surface area contributed by atoms with Crippen molar-refractivity contribution in [3.05, 3.63) is 34.8 Å². The fourth-order valence-corrected chi connectivity index (χ4v) is 2.61. The van der Waals surface area contributed by atoms with Crippen molar-refractivity contribution < 1.29 is 9.53 Å². The Morgan fingerprint density at radius 3 is 2.42 bits per heavy atom. The second-order valence-corrected chi connectivity index (χ2v) is 5.56. The number of aryl methyl sites for hydroxylation is 1. The van der Waals surface area contributed by atoms with Crippen LogP contribution in [0.4, 0.5) is 5.69 Å². The quantitative estimate of drug-likeness (QED) is 0.808. The van der Waals surface area contributed by atoms with Crippen molar-refractivity contribution in [3.8, 4) is 10.6 Å². The number of nitrogens with zero attached hydrogens (tertiary/aromatic N) is 2. The summed E-state index contributed by atoms with van der Waals surface area (Å²) in [6.45, 7) is 1.88. The highest BCUT2D eigenvalue weighted by molar-refractivity contribution is 7.15. The maximum atomic E-state index is 11.5. The van der Waals surface area contributed by atoms with Crippen LogP contribution in [0, 0.1) is 6.92 Å². The number of hydrogen-bond acceptors (Lipinski definition) is 5. The molecule has 19 heavy (non-hydrogen) atoms. The molecule has 4 nitrogen and oxygen atoms in total. The number of carbonyl (C=O) groups excluding carboxylic acids is 1. The average Bonchev–Trinajstić information content (AvgIpc) is 2.80. The van der Waals surface area contributed by atoms with Crippen LogP contribution in [0.1, 0.15) is 15.4 Å². The number of ether oxygens (including phenoxy) is 1. The molecule has 0 N–H and O–H groups in total. The molecule has 2 rings (SSSR count). The lowest BCUT2D eigenvalue weighted by molar-refractivity contribution is 0.0594. The molecule has 1 heterocycles. The fourth-order valence-electron chi connectivity index (χ4n) is 1.71. The number of aromatic nitrogens is 1. The maximum Gasteiger partial charge on any atom is 0.357 e. The van der Waals surface area contributed by atoms with Crippen LogP contribution in [0.5, 0.6) is 0 Å². The monoisotopic (exact) mass is 276 g/mol. The second-order valence-electron chi connectivity index (χ2n) is 4.36. The summed E-state index contributed by atoms with van der Waals surface area (Å²) in [6, 6.07) is 8.08. The predicted molar refractivity (Wildman–Crippen MR) is 78.0 cm³/mol. The van der Waals surface area contributed by atoms with Crippen molar-refractivity contribution in [1.29, 1.82) is 0 Å². The molecule has 0 spiro atoms. The van der Waals surface area contributed by atoms with E-state index in [4.69, 9.17) is 4.74 Å². The van der Waals surface area contributed by atoms with Gasteiger partial charge in [0.05, 0.1) is 7.11 Å². The van der Waals surface area contributed by atoms with Gasteiger partial charge in [0.1, 0.15) is 5.01 Å². The first kappa shape index (κ1) is 13.5. The Bertz CT molecular complexity index is 588. The van der Waals surface area contributed by atoms with E-state index in [1.54, 1.807) is 0 Å². The van der Waals surface area contributed by atoms with Crippen molar-refractivity contribution in [3.63, 3.8) is 0 Å². The highest BCUT2D eigenvalue weighted by Gasteiger charge is 2.16. The Balaban J connectivity index is 2.34. The molecule has 0 aliphatic rings. The largest absolute Gasteiger partial charge is 0.464 e. The van der Waals surface area contributed by atoms with Gasteiger partial charge in [-0.05, 0) is 31.2 Å². The molecule has 1 aromatic heterocycles. The molecule has 0 saturated carbocycles. The Labute approximate surface area is 116 Å². The Morgan fingerprint density at radius 1 is 1.26 bits per heavy atom. The number of thiazole rings is 1. The third kappa shape index (κ3) is 2.76. The number of esters is 1. The van der Waals surface area contributed by atoms with Crippen LogP contribution < -0.4 is 4.90 Å². The molecule has 100 valence electrons. The molecule has 0 fully saturated rings. The smallest absolute Gasteiger partial charge is 0.357 e. The van der Waals surface area contributed by atoms with Crippen LogP contribution in [0.15, 0.2) is 24.3 Å². The summed E-state index contributed by atoms with van der Waals surface area (Å²) < 4.78 is 4.72. The number of rotatable bonds is 3. The molecular formula is C14H16N2O2S. The van der Waals surface area contributed by atoms with Crippen molar-refractivity contribution in [2.45, 2.75) is 6.92 Å². The van der Waals surface area contributed by atoms with Crippen LogP contribution in [0.2, 0.25) is 0 Å². The topological polar surface area (TPSA) is 42.4 Å². The molecule has 5 heteroatoms. The summed E-state index contributed by atoms with van der Waals surface area (Å²) in [7, 11) is 5.36. The summed E-state index contributed by atoms with van der Waals surface area (Å²) in [5, 5.41) is 0.836. The van der Waals surface area contributed by atoms with E-state index in [9.17, 15) is 4.79 Å². The van der Waals surface area contributed by atoms with E-state index in [0.29, 0.717) is 5.69 Å². The summed E-state index contributed by atoms with van der Waals surface area (Å²) in [5.41, 5.74) is 2.54. The first-order chi connectivity index (χ1) is 9.02. The predicted octanol–water partition coefficient (Wildman–Crippen LogP) is 2.97. The van der Waals surface area contributed by atoms with Gasteiger partial charge in [0.15, 0.2) is 5.69 Å². The molecule has 0 saturated heterocycles. The number of hydrogen-bond donors (Lipinski definition) is 0. The zero-order valence-electron chi connectivity index (χ0n) is 11.4. The van der Waals surface area contributed by atoms with Gasteiger partial charge in [-0.2, -0.15) is 0 Å². The van der Waals surface area contributed by atoms with Crippen molar-refractivity contribution in [2.24, 2.45) is 0 Å². The normalized spacial score (nSPS) is 10.3. The van der Waals surface area contributed by atoms with Gasteiger partial charge in [0.25, 0.3) is 0 Å². The van der Waals surface area contributed by atoms with Gasteiger partial charge in [-0.15, -0.1) is 11.3 Å². The van der Waals surface area contributed by atoms with Crippen LogP contribution in [-0.4, -0.2) is 32.2 Å². The molecule has 0 unspecified atom stereocenters. The Morgan fingerprint density at radius 2 is 1.89 bits per heavy atom. The molecule has 2 aromatic rings. The Kier molecular flexibility index (Phi) is 3.85. The van der Waals surface area contributed by atoms with Gasteiger partial charge in [-0.1, -0.05) is 0 Å². The minimum atomic E-state index is -0.384. The van der Waals surface area contributed by atoms with E-state index >= 15 is 0 Å².